The lowest BCUT2D eigenvalue weighted by Crippen LogP contribution is -2.43. The first-order valence-electron chi connectivity index (χ1n) is 6.68. The minimum atomic E-state index is 0.0296. The third kappa shape index (κ3) is 5.51. The molecule has 1 fully saturated rings. The molecule has 1 aliphatic carbocycles. The Morgan fingerprint density at radius 3 is 2.38 bits per heavy atom. The van der Waals surface area contributed by atoms with Crippen LogP contribution in [0, 0.1) is 17.2 Å². The molecule has 92 valence electrons. The smallest absolute Gasteiger partial charge is 0.0957 e. The molecule has 2 heteroatoms. The second-order valence-corrected chi connectivity index (χ2v) is 6.16. The zero-order valence-electron chi connectivity index (χ0n) is 11.1. The molecule has 0 saturated heterocycles. The van der Waals surface area contributed by atoms with Gasteiger partial charge >= 0.3 is 0 Å². The van der Waals surface area contributed by atoms with Crippen LogP contribution in [0.3, 0.4) is 0 Å². The lowest BCUT2D eigenvalue weighted by molar-refractivity contribution is 0.307. The molecule has 1 aliphatic rings. The summed E-state index contributed by atoms with van der Waals surface area (Å²) in [6, 6.07) is 2.42. The van der Waals surface area contributed by atoms with E-state index in [9.17, 15) is 0 Å². The van der Waals surface area contributed by atoms with Gasteiger partial charge in [-0.3, -0.25) is 5.32 Å². The molecule has 1 unspecified atom stereocenters. The van der Waals surface area contributed by atoms with Crippen molar-refractivity contribution in [2.45, 2.75) is 77.3 Å². The van der Waals surface area contributed by atoms with Crippen molar-refractivity contribution in [2.24, 2.45) is 5.92 Å². The summed E-state index contributed by atoms with van der Waals surface area (Å²) < 4.78 is 0. The van der Waals surface area contributed by atoms with E-state index in [1.807, 2.05) is 0 Å². The fourth-order valence-electron chi connectivity index (χ4n) is 2.57. The minimum Gasteiger partial charge on any atom is -0.297 e. The van der Waals surface area contributed by atoms with Gasteiger partial charge in [0.25, 0.3) is 0 Å². The molecule has 2 nitrogen and oxygen atoms in total. The summed E-state index contributed by atoms with van der Waals surface area (Å²) in [5.74, 6) is 0.881. The largest absolute Gasteiger partial charge is 0.297 e. The summed E-state index contributed by atoms with van der Waals surface area (Å²) in [7, 11) is 0. The maximum atomic E-state index is 9.11. The molecule has 1 saturated carbocycles. The Kier molecular flexibility index (Phi) is 5.28. The van der Waals surface area contributed by atoms with Crippen molar-refractivity contribution in [2.75, 3.05) is 0 Å². The van der Waals surface area contributed by atoms with Gasteiger partial charge < -0.3 is 0 Å². The highest BCUT2D eigenvalue weighted by Crippen LogP contribution is 2.27. The van der Waals surface area contributed by atoms with Gasteiger partial charge in [0.1, 0.15) is 0 Å². The number of nitrogens with one attached hydrogen (secondary N) is 1. The molecule has 1 rings (SSSR count). The molecular formula is C14H26N2. The van der Waals surface area contributed by atoms with Gasteiger partial charge in [-0.25, -0.2) is 0 Å². The maximum Gasteiger partial charge on any atom is 0.0957 e. The zero-order valence-corrected chi connectivity index (χ0v) is 11.1. The van der Waals surface area contributed by atoms with Crippen LogP contribution in [0.5, 0.6) is 0 Å². The van der Waals surface area contributed by atoms with Crippen LogP contribution in [0.25, 0.3) is 0 Å². The third-order valence-electron chi connectivity index (χ3n) is 3.35. The van der Waals surface area contributed by atoms with Crippen molar-refractivity contribution in [3.63, 3.8) is 0 Å². The van der Waals surface area contributed by atoms with Crippen LogP contribution in [0.4, 0.5) is 0 Å². The average molecular weight is 222 g/mol. The van der Waals surface area contributed by atoms with E-state index in [-0.39, 0.29) is 11.6 Å². The van der Waals surface area contributed by atoms with Gasteiger partial charge in [-0.2, -0.15) is 5.26 Å². The number of nitriles is 1. The average Bonchev–Trinajstić information content (AvgIpc) is 2.24. The van der Waals surface area contributed by atoms with Gasteiger partial charge in [-0.05, 0) is 39.5 Å². The summed E-state index contributed by atoms with van der Waals surface area (Å²) in [5, 5.41) is 12.5. The minimum absolute atomic E-state index is 0.0296. The lowest BCUT2D eigenvalue weighted by atomic mass is 9.85. The quantitative estimate of drug-likeness (QED) is 0.788. The van der Waals surface area contributed by atoms with Gasteiger partial charge in [0, 0.05) is 5.54 Å². The Bertz CT molecular complexity index is 228. The molecule has 0 spiro atoms. The Morgan fingerprint density at radius 1 is 1.25 bits per heavy atom. The first kappa shape index (κ1) is 13.5. The first-order valence-corrected chi connectivity index (χ1v) is 6.68. The summed E-state index contributed by atoms with van der Waals surface area (Å²) >= 11 is 0. The van der Waals surface area contributed by atoms with E-state index >= 15 is 0 Å². The lowest BCUT2D eigenvalue weighted by Gasteiger charge is -2.27. The molecule has 0 aromatic heterocycles. The van der Waals surface area contributed by atoms with Crippen LogP contribution >= 0.6 is 0 Å². The van der Waals surface area contributed by atoms with Crippen LogP contribution in [-0.2, 0) is 0 Å². The molecule has 0 aliphatic heterocycles. The van der Waals surface area contributed by atoms with Crippen LogP contribution in [0.1, 0.15) is 65.7 Å². The van der Waals surface area contributed by atoms with E-state index in [2.05, 4.69) is 32.2 Å². The maximum absolute atomic E-state index is 9.11. The van der Waals surface area contributed by atoms with Gasteiger partial charge in [-0.15, -0.1) is 0 Å². The molecule has 0 amide bonds. The van der Waals surface area contributed by atoms with E-state index in [0.717, 1.165) is 12.3 Å². The Balaban J connectivity index is 2.25. The van der Waals surface area contributed by atoms with Gasteiger partial charge in [-0.1, -0.05) is 32.1 Å². The predicted octanol–water partition coefficient (Wildman–Crippen LogP) is 3.63. The first-order chi connectivity index (χ1) is 7.51. The summed E-state index contributed by atoms with van der Waals surface area (Å²) in [4.78, 5) is 0. The van der Waals surface area contributed by atoms with Crippen molar-refractivity contribution in [1.82, 2.24) is 5.32 Å². The molecule has 0 radical (unpaired) electrons. The highest BCUT2D eigenvalue weighted by atomic mass is 15.0. The van der Waals surface area contributed by atoms with Gasteiger partial charge in [0.2, 0.25) is 0 Å². The Labute approximate surface area is 100 Å². The van der Waals surface area contributed by atoms with E-state index in [4.69, 9.17) is 5.26 Å². The van der Waals surface area contributed by atoms with E-state index < -0.39 is 0 Å². The molecule has 16 heavy (non-hydrogen) atoms. The SMILES string of the molecule is CC(C)(C)NC(C#N)CCC1CCCCC1. The third-order valence-corrected chi connectivity index (χ3v) is 3.35. The second kappa shape index (κ2) is 6.25. The van der Waals surface area contributed by atoms with E-state index in [0.29, 0.717) is 0 Å². The van der Waals surface area contributed by atoms with Crippen molar-refractivity contribution in [1.29, 1.82) is 5.26 Å². The van der Waals surface area contributed by atoms with Gasteiger partial charge in [0.15, 0.2) is 0 Å². The second-order valence-electron chi connectivity index (χ2n) is 6.16. The monoisotopic (exact) mass is 222 g/mol. The predicted molar refractivity (Wildman–Crippen MR) is 68.1 cm³/mol. The molecule has 1 atom stereocenters. The van der Waals surface area contributed by atoms with Crippen molar-refractivity contribution in [3.05, 3.63) is 0 Å². The molecule has 0 bridgehead atoms. The molecule has 0 aromatic carbocycles. The van der Waals surface area contributed by atoms with E-state index in [1.165, 1.54) is 38.5 Å². The van der Waals surface area contributed by atoms with Crippen molar-refractivity contribution >= 4 is 0 Å². The van der Waals surface area contributed by atoms with Crippen LogP contribution in [0.15, 0.2) is 0 Å². The fraction of sp³-hybridized carbons (Fsp3) is 0.929. The highest BCUT2D eigenvalue weighted by Gasteiger charge is 2.19. The van der Waals surface area contributed by atoms with Crippen LogP contribution < -0.4 is 5.32 Å². The van der Waals surface area contributed by atoms with E-state index in [1.54, 1.807) is 0 Å². The fourth-order valence-corrected chi connectivity index (χ4v) is 2.57. The summed E-state index contributed by atoms with van der Waals surface area (Å²) in [5.41, 5.74) is 0.0486. The number of hydrogen-bond donors (Lipinski definition) is 1. The summed E-state index contributed by atoms with van der Waals surface area (Å²) in [6.07, 6.45) is 9.21. The normalized spacial score (nSPS) is 20.4. The Morgan fingerprint density at radius 2 is 1.88 bits per heavy atom. The molecule has 0 aromatic rings. The van der Waals surface area contributed by atoms with Crippen LogP contribution in [-0.4, -0.2) is 11.6 Å². The zero-order chi connectivity index (χ0) is 12.0. The van der Waals surface area contributed by atoms with Crippen molar-refractivity contribution < 1.29 is 0 Å². The number of rotatable bonds is 4. The topological polar surface area (TPSA) is 35.8 Å². The standard InChI is InChI=1S/C14H26N2/c1-14(2,3)16-13(11-15)10-9-12-7-5-4-6-8-12/h12-13,16H,4-10H2,1-3H3. The molecular weight excluding hydrogens is 196 g/mol. The van der Waals surface area contributed by atoms with Crippen LogP contribution in [0.2, 0.25) is 0 Å². The Hall–Kier alpha value is -0.550. The molecule has 1 N–H and O–H groups in total. The number of nitrogens with zero attached hydrogens (tertiary/aromatic N) is 1. The highest BCUT2D eigenvalue weighted by molar-refractivity contribution is 4.93. The summed E-state index contributed by atoms with van der Waals surface area (Å²) in [6.45, 7) is 6.37. The van der Waals surface area contributed by atoms with Gasteiger partial charge in [0.05, 0.1) is 12.1 Å². The molecule has 0 heterocycles. The van der Waals surface area contributed by atoms with Crippen molar-refractivity contribution in [3.8, 4) is 6.07 Å². The number of hydrogen-bond acceptors (Lipinski definition) is 2.